The molecule has 0 fully saturated rings. The second kappa shape index (κ2) is 4.52. The molecule has 0 aliphatic heterocycles. The second-order valence-corrected chi connectivity index (χ2v) is 3.65. The molecule has 1 aromatic heterocycles. The molecule has 62 valence electrons. The van der Waals surface area contributed by atoms with Gasteiger partial charge >= 0.3 is 0 Å². The average Bonchev–Trinajstić information content (AvgIpc) is 2.39. The van der Waals surface area contributed by atoms with Crippen LogP contribution in [0.5, 0.6) is 0 Å². The summed E-state index contributed by atoms with van der Waals surface area (Å²) < 4.78 is 0. The van der Waals surface area contributed by atoms with Crippen LogP contribution in [0.25, 0.3) is 0 Å². The molecule has 0 aliphatic carbocycles. The summed E-state index contributed by atoms with van der Waals surface area (Å²) in [6.07, 6.45) is 2.96. The van der Waals surface area contributed by atoms with Crippen molar-refractivity contribution in [3.8, 4) is 0 Å². The van der Waals surface area contributed by atoms with E-state index in [9.17, 15) is 0 Å². The first-order chi connectivity index (χ1) is 5.29. The van der Waals surface area contributed by atoms with Gasteiger partial charge in [-0.15, -0.1) is 0 Å². The number of aliphatic hydroxyl groups excluding tert-OH is 1. The van der Waals surface area contributed by atoms with Gasteiger partial charge in [-0.25, -0.2) is 0 Å². The van der Waals surface area contributed by atoms with Gasteiger partial charge in [-0.1, -0.05) is 0 Å². The molecule has 1 atom stereocenters. The normalized spacial score (nSPS) is 13.3. The summed E-state index contributed by atoms with van der Waals surface area (Å²) in [6, 6.07) is 2.15. The molecule has 0 saturated heterocycles. The maximum absolute atomic E-state index is 8.98. The molecular weight excluding hydrogens is 156 g/mol. The van der Waals surface area contributed by atoms with E-state index >= 15 is 0 Å². The van der Waals surface area contributed by atoms with Gasteiger partial charge in [0.15, 0.2) is 0 Å². The van der Waals surface area contributed by atoms with Crippen molar-refractivity contribution in [1.29, 1.82) is 0 Å². The van der Waals surface area contributed by atoms with E-state index < -0.39 is 0 Å². The molecule has 1 heterocycles. The van der Waals surface area contributed by atoms with E-state index in [-0.39, 0.29) is 6.10 Å². The Morgan fingerprint density at radius 2 is 2.45 bits per heavy atom. The Morgan fingerprint density at radius 3 is 3.00 bits per heavy atom. The van der Waals surface area contributed by atoms with Gasteiger partial charge in [0.1, 0.15) is 0 Å². The summed E-state index contributed by atoms with van der Waals surface area (Å²) >= 11 is 1.74. The van der Waals surface area contributed by atoms with Gasteiger partial charge in [0, 0.05) is 0 Å². The molecule has 1 rings (SSSR count). The lowest BCUT2D eigenvalue weighted by atomic mass is 10.1. The Labute approximate surface area is 71.7 Å². The molecule has 0 amide bonds. The van der Waals surface area contributed by atoms with Crippen molar-refractivity contribution >= 4 is 11.3 Å². The zero-order valence-corrected chi connectivity index (χ0v) is 7.60. The van der Waals surface area contributed by atoms with Gasteiger partial charge in [-0.3, -0.25) is 0 Å². The molecule has 0 bridgehead atoms. The third kappa shape index (κ3) is 3.54. The Kier molecular flexibility index (Phi) is 3.60. The largest absolute Gasteiger partial charge is 0.393 e. The fraction of sp³-hybridized carbons (Fsp3) is 0.556. The second-order valence-electron chi connectivity index (χ2n) is 2.87. The predicted molar refractivity (Wildman–Crippen MR) is 48.9 cm³/mol. The van der Waals surface area contributed by atoms with Crippen LogP contribution < -0.4 is 0 Å². The maximum atomic E-state index is 8.98. The molecule has 0 aromatic carbocycles. The van der Waals surface area contributed by atoms with Gasteiger partial charge in [0.05, 0.1) is 6.10 Å². The smallest absolute Gasteiger partial charge is 0.0512 e. The molecule has 11 heavy (non-hydrogen) atoms. The first-order valence-electron chi connectivity index (χ1n) is 3.98. The van der Waals surface area contributed by atoms with Gasteiger partial charge in [0.25, 0.3) is 0 Å². The zero-order valence-electron chi connectivity index (χ0n) is 6.79. The molecule has 1 unspecified atom stereocenters. The quantitative estimate of drug-likeness (QED) is 0.736. The lowest BCUT2D eigenvalue weighted by Crippen LogP contribution is -1.99. The number of aryl methyl sites for hydroxylation is 1. The Balaban J connectivity index is 2.14. The molecule has 2 heteroatoms. The molecule has 0 aliphatic rings. The highest BCUT2D eigenvalue weighted by Crippen LogP contribution is 2.10. The minimum Gasteiger partial charge on any atom is -0.393 e. The first-order valence-corrected chi connectivity index (χ1v) is 4.92. The monoisotopic (exact) mass is 170 g/mol. The number of thiophene rings is 1. The number of hydrogen-bond donors (Lipinski definition) is 1. The summed E-state index contributed by atoms with van der Waals surface area (Å²) in [5.74, 6) is 0. The van der Waals surface area contributed by atoms with Crippen LogP contribution in [0.3, 0.4) is 0 Å². The maximum Gasteiger partial charge on any atom is 0.0512 e. The average molecular weight is 170 g/mol. The van der Waals surface area contributed by atoms with Crippen LogP contribution in [-0.2, 0) is 6.42 Å². The summed E-state index contributed by atoms with van der Waals surface area (Å²) in [5.41, 5.74) is 1.40. The van der Waals surface area contributed by atoms with E-state index in [0.717, 1.165) is 19.3 Å². The van der Waals surface area contributed by atoms with Crippen LogP contribution in [0.1, 0.15) is 25.3 Å². The number of rotatable bonds is 4. The van der Waals surface area contributed by atoms with E-state index in [1.54, 1.807) is 11.3 Å². The fourth-order valence-corrected chi connectivity index (χ4v) is 1.74. The Hall–Kier alpha value is -0.340. The number of hydrogen-bond acceptors (Lipinski definition) is 2. The van der Waals surface area contributed by atoms with Crippen LogP contribution in [-0.4, -0.2) is 11.2 Å². The van der Waals surface area contributed by atoms with Crippen molar-refractivity contribution < 1.29 is 5.11 Å². The van der Waals surface area contributed by atoms with E-state index in [0.29, 0.717) is 0 Å². The van der Waals surface area contributed by atoms with Crippen LogP contribution >= 0.6 is 11.3 Å². The van der Waals surface area contributed by atoms with Crippen molar-refractivity contribution in [3.05, 3.63) is 22.4 Å². The van der Waals surface area contributed by atoms with Crippen LogP contribution in [0.15, 0.2) is 16.8 Å². The van der Waals surface area contributed by atoms with Crippen molar-refractivity contribution in [2.75, 3.05) is 0 Å². The van der Waals surface area contributed by atoms with Gasteiger partial charge < -0.3 is 5.11 Å². The topological polar surface area (TPSA) is 20.2 Å². The minimum atomic E-state index is -0.145. The Bertz CT molecular complexity index is 179. The summed E-state index contributed by atoms with van der Waals surface area (Å²) in [5, 5.41) is 13.2. The standard InChI is InChI=1S/C9H14OS/c1-8(10)3-2-4-9-5-6-11-7-9/h5-8,10H,2-4H2,1H3. The van der Waals surface area contributed by atoms with E-state index in [1.165, 1.54) is 5.56 Å². The highest BCUT2D eigenvalue weighted by molar-refractivity contribution is 7.07. The van der Waals surface area contributed by atoms with Crippen molar-refractivity contribution in [2.45, 2.75) is 32.3 Å². The summed E-state index contributed by atoms with van der Waals surface area (Å²) in [6.45, 7) is 1.84. The first kappa shape index (κ1) is 8.75. The lowest BCUT2D eigenvalue weighted by molar-refractivity contribution is 0.182. The lowest BCUT2D eigenvalue weighted by Gasteiger charge is -2.01. The molecule has 1 N–H and O–H groups in total. The zero-order chi connectivity index (χ0) is 8.10. The van der Waals surface area contributed by atoms with E-state index in [4.69, 9.17) is 5.11 Å². The fourth-order valence-electron chi connectivity index (χ4n) is 1.04. The molecule has 0 spiro atoms. The van der Waals surface area contributed by atoms with Crippen molar-refractivity contribution in [1.82, 2.24) is 0 Å². The molecule has 1 aromatic rings. The van der Waals surface area contributed by atoms with Gasteiger partial charge in [-0.2, -0.15) is 11.3 Å². The highest BCUT2D eigenvalue weighted by Gasteiger charge is 1.96. The van der Waals surface area contributed by atoms with Crippen LogP contribution in [0, 0.1) is 0 Å². The minimum absolute atomic E-state index is 0.145. The van der Waals surface area contributed by atoms with E-state index in [1.807, 2.05) is 6.92 Å². The Morgan fingerprint density at radius 1 is 1.64 bits per heavy atom. The van der Waals surface area contributed by atoms with Crippen molar-refractivity contribution in [3.63, 3.8) is 0 Å². The summed E-state index contributed by atoms with van der Waals surface area (Å²) in [4.78, 5) is 0. The highest BCUT2D eigenvalue weighted by atomic mass is 32.1. The third-order valence-electron chi connectivity index (χ3n) is 1.67. The van der Waals surface area contributed by atoms with Crippen LogP contribution in [0.4, 0.5) is 0 Å². The van der Waals surface area contributed by atoms with E-state index in [2.05, 4.69) is 16.8 Å². The SMILES string of the molecule is CC(O)CCCc1ccsc1. The van der Waals surface area contributed by atoms with Crippen LogP contribution in [0.2, 0.25) is 0 Å². The molecular formula is C9H14OS. The van der Waals surface area contributed by atoms with Gasteiger partial charge in [-0.05, 0) is 48.6 Å². The third-order valence-corrected chi connectivity index (χ3v) is 2.40. The molecule has 0 saturated carbocycles. The molecule has 1 nitrogen and oxygen atoms in total. The summed E-state index contributed by atoms with van der Waals surface area (Å²) in [7, 11) is 0. The predicted octanol–water partition coefficient (Wildman–Crippen LogP) is 2.45. The van der Waals surface area contributed by atoms with Crippen molar-refractivity contribution in [2.24, 2.45) is 0 Å². The van der Waals surface area contributed by atoms with Gasteiger partial charge in [0.2, 0.25) is 0 Å². The number of aliphatic hydroxyl groups is 1. The molecule has 0 radical (unpaired) electrons.